The Hall–Kier alpha value is -1.35. The van der Waals surface area contributed by atoms with Crippen molar-refractivity contribution in [3.8, 4) is 0 Å². The van der Waals surface area contributed by atoms with Gasteiger partial charge in [0.1, 0.15) is 0 Å². The summed E-state index contributed by atoms with van der Waals surface area (Å²) < 4.78 is 8.03. The van der Waals surface area contributed by atoms with E-state index in [1.165, 1.54) is 31.2 Å². The zero-order valence-electron chi connectivity index (χ0n) is 11.4. The van der Waals surface area contributed by atoms with E-state index in [-0.39, 0.29) is 5.60 Å². The number of aromatic nitrogens is 2. The Morgan fingerprint density at radius 2 is 2.16 bits per heavy atom. The van der Waals surface area contributed by atoms with E-state index in [0.29, 0.717) is 5.41 Å². The van der Waals surface area contributed by atoms with Crippen molar-refractivity contribution in [1.29, 1.82) is 0 Å². The number of ether oxygens (including phenoxy) is 1. The first kappa shape index (κ1) is 11.5. The molecule has 1 saturated heterocycles. The van der Waals surface area contributed by atoms with Gasteiger partial charge in [-0.15, -0.1) is 0 Å². The van der Waals surface area contributed by atoms with Crippen LogP contribution in [0.2, 0.25) is 0 Å². The lowest BCUT2D eigenvalue weighted by Gasteiger charge is -2.37. The number of para-hydroxylation sites is 2. The van der Waals surface area contributed by atoms with Gasteiger partial charge in [0.15, 0.2) is 0 Å². The molecule has 3 nitrogen and oxygen atoms in total. The van der Waals surface area contributed by atoms with Gasteiger partial charge in [0.25, 0.3) is 0 Å². The molecule has 0 amide bonds. The third-order valence-electron chi connectivity index (χ3n) is 4.79. The quantitative estimate of drug-likeness (QED) is 0.771. The highest BCUT2D eigenvalue weighted by atomic mass is 16.6. The Morgan fingerprint density at radius 1 is 1.32 bits per heavy atom. The van der Waals surface area contributed by atoms with E-state index in [1.54, 1.807) is 0 Å². The summed E-state index contributed by atoms with van der Waals surface area (Å²) in [6, 6.07) is 8.39. The monoisotopic (exact) mass is 256 g/mol. The van der Waals surface area contributed by atoms with Gasteiger partial charge in [-0.3, -0.25) is 0 Å². The summed E-state index contributed by atoms with van der Waals surface area (Å²) in [6.45, 7) is 4.44. The molecule has 0 N–H and O–H groups in total. The average Bonchev–Trinajstić information content (AvgIpc) is 3.00. The lowest BCUT2D eigenvalue weighted by Crippen LogP contribution is -2.34. The molecule has 2 unspecified atom stereocenters. The Balaban J connectivity index is 1.63. The van der Waals surface area contributed by atoms with Gasteiger partial charge in [0.2, 0.25) is 0 Å². The van der Waals surface area contributed by atoms with Crippen molar-refractivity contribution in [3.05, 3.63) is 30.6 Å². The molecular formula is C16H20N2O. The molecule has 4 rings (SSSR count). The van der Waals surface area contributed by atoms with E-state index < -0.39 is 0 Å². The summed E-state index contributed by atoms with van der Waals surface area (Å²) in [5.74, 6) is 0. The number of nitrogens with zero attached hydrogens (tertiary/aromatic N) is 2. The van der Waals surface area contributed by atoms with E-state index in [2.05, 4.69) is 40.7 Å². The van der Waals surface area contributed by atoms with Gasteiger partial charge >= 0.3 is 0 Å². The molecule has 1 aromatic heterocycles. The second kappa shape index (κ2) is 3.83. The van der Waals surface area contributed by atoms with Gasteiger partial charge in [-0.1, -0.05) is 19.1 Å². The maximum Gasteiger partial charge on any atom is 0.0958 e. The van der Waals surface area contributed by atoms with E-state index in [1.807, 2.05) is 6.33 Å². The predicted octanol–water partition coefficient (Wildman–Crippen LogP) is 3.39. The standard InChI is InChI=1S/C16H20N2O/c1-15(7-4-8-16(9-15)11-19-16)10-18-12-17-13-5-2-3-6-14(13)18/h2-3,5-6,12H,4,7-11H2,1H3. The van der Waals surface area contributed by atoms with Crippen LogP contribution in [-0.2, 0) is 11.3 Å². The Kier molecular flexibility index (Phi) is 2.31. The molecule has 1 spiro atoms. The van der Waals surface area contributed by atoms with Crippen LogP contribution in [-0.4, -0.2) is 21.8 Å². The third kappa shape index (κ3) is 1.96. The molecule has 2 heterocycles. The van der Waals surface area contributed by atoms with Crippen LogP contribution in [0.3, 0.4) is 0 Å². The summed E-state index contributed by atoms with van der Waals surface area (Å²) >= 11 is 0. The number of imidazole rings is 1. The summed E-state index contributed by atoms with van der Waals surface area (Å²) in [4.78, 5) is 4.50. The fourth-order valence-electron chi connectivity index (χ4n) is 3.82. The molecule has 2 aromatic rings. The third-order valence-corrected chi connectivity index (χ3v) is 4.79. The molecule has 1 aromatic carbocycles. The number of fused-ring (bicyclic) bond motifs is 1. The number of hydrogen-bond donors (Lipinski definition) is 0. The maximum absolute atomic E-state index is 5.71. The lowest BCUT2D eigenvalue weighted by molar-refractivity contribution is 0.103. The topological polar surface area (TPSA) is 30.4 Å². The molecular weight excluding hydrogens is 236 g/mol. The van der Waals surface area contributed by atoms with E-state index in [9.17, 15) is 0 Å². The van der Waals surface area contributed by atoms with Crippen LogP contribution >= 0.6 is 0 Å². The normalized spacial score (nSPS) is 33.9. The molecule has 19 heavy (non-hydrogen) atoms. The number of benzene rings is 1. The highest BCUT2D eigenvalue weighted by Gasteiger charge is 2.51. The summed E-state index contributed by atoms with van der Waals surface area (Å²) in [7, 11) is 0. The van der Waals surface area contributed by atoms with Gasteiger partial charge in [0, 0.05) is 6.54 Å². The fourth-order valence-corrected chi connectivity index (χ4v) is 3.82. The average molecular weight is 256 g/mol. The molecule has 1 saturated carbocycles. The van der Waals surface area contributed by atoms with Crippen molar-refractivity contribution in [1.82, 2.24) is 9.55 Å². The van der Waals surface area contributed by atoms with E-state index in [4.69, 9.17) is 4.74 Å². The maximum atomic E-state index is 5.71. The van der Waals surface area contributed by atoms with Gasteiger partial charge in [-0.05, 0) is 43.2 Å². The molecule has 1 aliphatic carbocycles. The van der Waals surface area contributed by atoms with Crippen LogP contribution < -0.4 is 0 Å². The fraction of sp³-hybridized carbons (Fsp3) is 0.562. The van der Waals surface area contributed by atoms with Gasteiger partial charge in [-0.25, -0.2) is 4.98 Å². The number of rotatable bonds is 2. The van der Waals surface area contributed by atoms with Crippen molar-refractivity contribution in [2.45, 2.75) is 44.8 Å². The molecule has 0 bridgehead atoms. The molecule has 2 fully saturated rings. The van der Waals surface area contributed by atoms with Crippen molar-refractivity contribution in [2.24, 2.45) is 5.41 Å². The predicted molar refractivity (Wildman–Crippen MR) is 75.0 cm³/mol. The minimum absolute atomic E-state index is 0.239. The Bertz CT molecular complexity index is 614. The van der Waals surface area contributed by atoms with Crippen LogP contribution in [0.4, 0.5) is 0 Å². The summed E-state index contributed by atoms with van der Waals surface area (Å²) in [5, 5.41) is 0. The van der Waals surface area contributed by atoms with Crippen LogP contribution in [0.1, 0.15) is 32.6 Å². The molecule has 3 heteroatoms. The van der Waals surface area contributed by atoms with Crippen molar-refractivity contribution in [2.75, 3.05) is 6.61 Å². The van der Waals surface area contributed by atoms with E-state index >= 15 is 0 Å². The number of epoxide rings is 1. The minimum atomic E-state index is 0.239. The Morgan fingerprint density at radius 3 is 3.00 bits per heavy atom. The first-order chi connectivity index (χ1) is 9.18. The highest BCUT2D eigenvalue weighted by molar-refractivity contribution is 5.74. The first-order valence-corrected chi connectivity index (χ1v) is 7.22. The number of hydrogen-bond acceptors (Lipinski definition) is 2. The minimum Gasteiger partial charge on any atom is -0.370 e. The van der Waals surface area contributed by atoms with Crippen molar-refractivity contribution >= 4 is 11.0 Å². The van der Waals surface area contributed by atoms with Gasteiger partial charge < -0.3 is 9.30 Å². The summed E-state index contributed by atoms with van der Waals surface area (Å²) in [6.07, 6.45) is 7.04. The van der Waals surface area contributed by atoms with E-state index in [0.717, 1.165) is 18.7 Å². The lowest BCUT2D eigenvalue weighted by atomic mass is 9.70. The Labute approximate surface area is 113 Å². The summed E-state index contributed by atoms with van der Waals surface area (Å²) in [5.41, 5.74) is 2.93. The molecule has 1 aliphatic heterocycles. The molecule has 100 valence electrons. The van der Waals surface area contributed by atoms with Crippen LogP contribution in [0, 0.1) is 5.41 Å². The molecule has 2 aliphatic rings. The van der Waals surface area contributed by atoms with Crippen molar-refractivity contribution in [3.63, 3.8) is 0 Å². The van der Waals surface area contributed by atoms with Crippen LogP contribution in [0.5, 0.6) is 0 Å². The van der Waals surface area contributed by atoms with Gasteiger partial charge in [0.05, 0.1) is 29.6 Å². The smallest absolute Gasteiger partial charge is 0.0958 e. The highest BCUT2D eigenvalue weighted by Crippen LogP contribution is 2.50. The van der Waals surface area contributed by atoms with Crippen LogP contribution in [0.15, 0.2) is 30.6 Å². The molecule has 2 atom stereocenters. The zero-order valence-corrected chi connectivity index (χ0v) is 11.4. The van der Waals surface area contributed by atoms with Gasteiger partial charge in [-0.2, -0.15) is 0 Å². The zero-order chi connectivity index (χ0) is 12.9. The second-order valence-corrected chi connectivity index (χ2v) is 6.67. The SMILES string of the molecule is CC1(Cn2cnc3ccccc32)CCCC2(CO2)C1. The first-order valence-electron chi connectivity index (χ1n) is 7.22. The van der Waals surface area contributed by atoms with Crippen molar-refractivity contribution < 1.29 is 4.74 Å². The largest absolute Gasteiger partial charge is 0.370 e. The van der Waals surface area contributed by atoms with Crippen LogP contribution in [0.25, 0.3) is 11.0 Å². The second-order valence-electron chi connectivity index (χ2n) is 6.67. The molecule has 0 radical (unpaired) electrons.